The molecule has 0 N–H and O–H groups in total. The van der Waals surface area contributed by atoms with E-state index >= 15 is 0 Å². The molecule has 0 saturated heterocycles. The number of hydrogen-bond donors (Lipinski definition) is 0. The number of aryl methyl sites for hydroxylation is 1. The molecule has 0 bridgehead atoms. The SMILES string of the molecule is Cc1nc2c(cnn2-c2ccccc2)c(=O)n1CCC(=O)N1CCc2ccccc21. The summed E-state index contributed by atoms with van der Waals surface area (Å²) in [6, 6.07) is 17.6. The molecule has 0 aliphatic carbocycles. The number of para-hydroxylation sites is 2. The number of rotatable bonds is 4. The topological polar surface area (TPSA) is 73.0 Å². The Morgan fingerprint density at radius 2 is 1.83 bits per heavy atom. The first-order valence-electron chi connectivity index (χ1n) is 10.0. The molecule has 150 valence electrons. The molecule has 3 heterocycles. The predicted molar refractivity (Wildman–Crippen MR) is 115 cm³/mol. The number of carbonyl (C=O) groups excluding carboxylic acids is 1. The van der Waals surface area contributed by atoms with Gasteiger partial charge in [-0.1, -0.05) is 36.4 Å². The highest BCUT2D eigenvalue weighted by Gasteiger charge is 2.24. The van der Waals surface area contributed by atoms with Gasteiger partial charge in [0, 0.05) is 25.2 Å². The molecular formula is C23H21N5O2. The molecule has 0 saturated carbocycles. The number of carbonyl (C=O) groups is 1. The Balaban J connectivity index is 1.42. The van der Waals surface area contributed by atoms with Crippen LogP contribution in [0.2, 0.25) is 0 Å². The van der Waals surface area contributed by atoms with Crippen LogP contribution < -0.4 is 10.5 Å². The number of fused-ring (bicyclic) bond motifs is 2. The zero-order valence-corrected chi connectivity index (χ0v) is 16.7. The summed E-state index contributed by atoms with van der Waals surface area (Å²) >= 11 is 0. The van der Waals surface area contributed by atoms with E-state index in [-0.39, 0.29) is 17.9 Å². The van der Waals surface area contributed by atoms with Gasteiger partial charge in [-0.2, -0.15) is 5.10 Å². The van der Waals surface area contributed by atoms with Gasteiger partial charge in [0.1, 0.15) is 11.2 Å². The fourth-order valence-corrected chi connectivity index (χ4v) is 4.07. The second kappa shape index (κ2) is 7.26. The number of hydrogen-bond acceptors (Lipinski definition) is 4. The average molecular weight is 399 g/mol. The molecular weight excluding hydrogens is 378 g/mol. The van der Waals surface area contributed by atoms with Crippen molar-refractivity contribution in [3.63, 3.8) is 0 Å². The summed E-state index contributed by atoms with van der Waals surface area (Å²) in [5, 5.41) is 4.81. The van der Waals surface area contributed by atoms with Crippen molar-refractivity contribution in [2.75, 3.05) is 11.4 Å². The molecule has 30 heavy (non-hydrogen) atoms. The van der Waals surface area contributed by atoms with Crippen LogP contribution in [0.5, 0.6) is 0 Å². The van der Waals surface area contributed by atoms with Crippen LogP contribution in [0.15, 0.2) is 65.6 Å². The van der Waals surface area contributed by atoms with Crippen LogP contribution in [0.25, 0.3) is 16.7 Å². The Morgan fingerprint density at radius 3 is 2.67 bits per heavy atom. The minimum Gasteiger partial charge on any atom is -0.312 e. The van der Waals surface area contributed by atoms with Gasteiger partial charge in [-0.05, 0) is 37.1 Å². The van der Waals surface area contributed by atoms with Crippen molar-refractivity contribution in [1.29, 1.82) is 0 Å². The van der Waals surface area contributed by atoms with E-state index < -0.39 is 0 Å². The normalized spacial score (nSPS) is 13.0. The third-order valence-electron chi connectivity index (χ3n) is 5.62. The molecule has 2 aromatic heterocycles. The third-order valence-corrected chi connectivity index (χ3v) is 5.62. The highest BCUT2D eigenvalue weighted by atomic mass is 16.2. The van der Waals surface area contributed by atoms with Gasteiger partial charge in [0.25, 0.3) is 5.56 Å². The minimum atomic E-state index is -0.172. The fourth-order valence-electron chi connectivity index (χ4n) is 4.07. The van der Waals surface area contributed by atoms with Crippen LogP contribution in [0.4, 0.5) is 5.69 Å². The zero-order valence-electron chi connectivity index (χ0n) is 16.7. The zero-order chi connectivity index (χ0) is 20.7. The lowest BCUT2D eigenvalue weighted by molar-refractivity contribution is -0.118. The van der Waals surface area contributed by atoms with Crippen LogP contribution in [-0.2, 0) is 17.8 Å². The van der Waals surface area contributed by atoms with E-state index in [9.17, 15) is 9.59 Å². The standard InChI is InChI=1S/C23H21N5O2/c1-16-25-22-19(15-24-28(22)18-8-3-2-4-9-18)23(30)26(16)14-12-21(29)27-13-11-17-7-5-6-10-20(17)27/h2-10,15H,11-14H2,1H3. The lowest BCUT2D eigenvalue weighted by Gasteiger charge is -2.18. The number of amides is 1. The van der Waals surface area contributed by atoms with Crippen LogP contribution in [0.1, 0.15) is 17.8 Å². The molecule has 0 radical (unpaired) electrons. The molecule has 1 amide bonds. The van der Waals surface area contributed by atoms with Gasteiger partial charge >= 0.3 is 0 Å². The Hall–Kier alpha value is -3.74. The second-order valence-corrected chi connectivity index (χ2v) is 7.42. The lowest BCUT2D eigenvalue weighted by atomic mass is 10.2. The summed E-state index contributed by atoms with van der Waals surface area (Å²) < 4.78 is 3.24. The Bertz CT molecular complexity index is 1310. The largest absolute Gasteiger partial charge is 0.312 e. The molecule has 0 unspecified atom stereocenters. The lowest BCUT2D eigenvalue weighted by Crippen LogP contribution is -2.32. The molecule has 1 aliphatic rings. The van der Waals surface area contributed by atoms with E-state index in [0.717, 1.165) is 17.8 Å². The molecule has 4 aromatic rings. The van der Waals surface area contributed by atoms with Crippen LogP contribution >= 0.6 is 0 Å². The number of aromatic nitrogens is 4. The van der Waals surface area contributed by atoms with Gasteiger partial charge < -0.3 is 4.90 Å². The van der Waals surface area contributed by atoms with Crippen molar-refractivity contribution < 1.29 is 4.79 Å². The summed E-state index contributed by atoms with van der Waals surface area (Å²) in [7, 11) is 0. The molecule has 0 fully saturated rings. The first kappa shape index (κ1) is 18.3. The molecule has 0 spiro atoms. The Kier molecular flexibility index (Phi) is 4.43. The van der Waals surface area contributed by atoms with Gasteiger partial charge in [0.05, 0.1) is 11.9 Å². The smallest absolute Gasteiger partial charge is 0.264 e. The number of benzene rings is 2. The maximum atomic E-state index is 13.1. The van der Waals surface area contributed by atoms with E-state index in [1.807, 2.05) is 53.4 Å². The van der Waals surface area contributed by atoms with Crippen LogP contribution in [-0.4, -0.2) is 31.8 Å². The molecule has 5 rings (SSSR count). The maximum absolute atomic E-state index is 13.1. The summed E-state index contributed by atoms with van der Waals surface area (Å²) in [6.07, 6.45) is 2.66. The Labute approximate surface area is 173 Å². The predicted octanol–water partition coefficient (Wildman–Crippen LogP) is 2.87. The Morgan fingerprint density at radius 1 is 1.07 bits per heavy atom. The fraction of sp³-hybridized carbons (Fsp3) is 0.217. The van der Waals surface area contributed by atoms with Gasteiger partial charge in [0.15, 0.2) is 5.65 Å². The first-order chi connectivity index (χ1) is 14.6. The summed E-state index contributed by atoms with van der Waals surface area (Å²) in [4.78, 5) is 32.3. The first-order valence-corrected chi connectivity index (χ1v) is 10.0. The van der Waals surface area contributed by atoms with E-state index in [1.54, 1.807) is 22.4 Å². The van der Waals surface area contributed by atoms with E-state index in [2.05, 4.69) is 16.1 Å². The highest BCUT2D eigenvalue weighted by molar-refractivity contribution is 5.95. The van der Waals surface area contributed by atoms with Crippen molar-refractivity contribution in [2.24, 2.45) is 0 Å². The second-order valence-electron chi connectivity index (χ2n) is 7.42. The van der Waals surface area contributed by atoms with Crippen LogP contribution in [0.3, 0.4) is 0 Å². The van der Waals surface area contributed by atoms with Crippen molar-refractivity contribution in [1.82, 2.24) is 19.3 Å². The average Bonchev–Trinajstić information content (AvgIpc) is 3.38. The van der Waals surface area contributed by atoms with Gasteiger partial charge in [0.2, 0.25) is 5.91 Å². The van der Waals surface area contributed by atoms with Crippen molar-refractivity contribution in [2.45, 2.75) is 26.3 Å². The van der Waals surface area contributed by atoms with E-state index in [1.165, 1.54) is 5.56 Å². The van der Waals surface area contributed by atoms with Crippen molar-refractivity contribution >= 4 is 22.6 Å². The van der Waals surface area contributed by atoms with Gasteiger partial charge in [-0.25, -0.2) is 9.67 Å². The molecule has 7 nitrogen and oxygen atoms in total. The molecule has 2 aromatic carbocycles. The molecule has 0 atom stereocenters. The number of nitrogens with zero attached hydrogens (tertiary/aromatic N) is 5. The van der Waals surface area contributed by atoms with E-state index in [0.29, 0.717) is 29.9 Å². The number of anilines is 1. The van der Waals surface area contributed by atoms with E-state index in [4.69, 9.17) is 0 Å². The summed E-state index contributed by atoms with van der Waals surface area (Å²) in [5.41, 5.74) is 3.37. The maximum Gasteiger partial charge on any atom is 0.264 e. The highest BCUT2D eigenvalue weighted by Crippen LogP contribution is 2.28. The molecule has 7 heteroatoms. The van der Waals surface area contributed by atoms with Crippen LogP contribution in [0, 0.1) is 6.92 Å². The van der Waals surface area contributed by atoms with Gasteiger partial charge in [-0.3, -0.25) is 14.2 Å². The minimum absolute atomic E-state index is 0.0197. The van der Waals surface area contributed by atoms with Gasteiger partial charge in [-0.15, -0.1) is 0 Å². The molecule has 1 aliphatic heterocycles. The van der Waals surface area contributed by atoms with Crippen molar-refractivity contribution in [3.8, 4) is 5.69 Å². The monoisotopic (exact) mass is 399 g/mol. The summed E-state index contributed by atoms with van der Waals surface area (Å²) in [5.74, 6) is 0.589. The third kappa shape index (κ3) is 2.99. The summed E-state index contributed by atoms with van der Waals surface area (Å²) in [6.45, 7) is 2.77. The quantitative estimate of drug-likeness (QED) is 0.529. The van der Waals surface area contributed by atoms with Crippen molar-refractivity contribution in [3.05, 3.63) is 82.5 Å².